The van der Waals surface area contributed by atoms with Gasteiger partial charge in [-0.1, -0.05) is 12.1 Å². The Morgan fingerprint density at radius 1 is 1.16 bits per heavy atom. The van der Waals surface area contributed by atoms with Crippen molar-refractivity contribution in [2.24, 2.45) is 0 Å². The van der Waals surface area contributed by atoms with Gasteiger partial charge in [0.15, 0.2) is 12.1 Å². The van der Waals surface area contributed by atoms with E-state index in [-0.39, 0.29) is 24.2 Å². The van der Waals surface area contributed by atoms with Crippen molar-refractivity contribution in [3.05, 3.63) is 29.8 Å². The van der Waals surface area contributed by atoms with Crippen molar-refractivity contribution in [1.82, 2.24) is 5.32 Å². The minimum atomic E-state index is -0.717. The first-order valence-electron chi connectivity index (χ1n) is 10.7. The predicted octanol–water partition coefficient (Wildman–Crippen LogP) is 3.59. The molecule has 2 heterocycles. The molecule has 2 aliphatic heterocycles. The van der Waals surface area contributed by atoms with E-state index in [1.807, 2.05) is 58.9 Å². The van der Waals surface area contributed by atoms with Gasteiger partial charge < -0.3 is 33.7 Å². The summed E-state index contributed by atoms with van der Waals surface area (Å²) in [5, 5.41) is 2.84. The van der Waals surface area contributed by atoms with Crippen molar-refractivity contribution in [3.8, 4) is 5.75 Å². The smallest absolute Gasteiger partial charge is 0.407 e. The van der Waals surface area contributed by atoms with Crippen LogP contribution in [0.5, 0.6) is 5.75 Å². The Morgan fingerprint density at radius 3 is 2.42 bits per heavy atom. The number of rotatable bonds is 7. The average molecular weight is 438 g/mol. The van der Waals surface area contributed by atoms with Gasteiger partial charge in [-0.05, 0) is 58.7 Å². The van der Waals surface area contributed by atoms with Crippen LogP contribution in [0.1, 0.15) is 52.5 Å². The molecular formula is C23H35NO7. The van der Waals surface area contributed by atoms with E-state index < -0.39 is 23.8 Å². The molecule has 1 aromatic carbocycles. The second kappa shape index (κ2) is 9.32. The monoisotopic (exact) mass is 437 g/mol. The molecule has 0 aliphatic carbocycles. The third kappa shape index (κ3) is 5.88. The predicted molar refractivity (Wildman–Crippen MR) is 114 cm³/mol. The third-order valence-corrected chi connectivity index (χ3v) is 5.36. The van der Waals surface area contributed by atoms with Gasteiger partial charge in [-0.2, -0.15) is 0 Å². The van der Waals surface area contributed by atoms with Crippen LogP contribution in [0.2, 0.25) is 0 Å². The number of ether oxygens (including phenoxy) is 6. The summed E-state index contributed by atoms with van der Waals surface area (Å²) in [6, 6.07) is 7.84. The lowest BCUT2D eigenvalue weighted by Crippen LogP contribution is -2.40. The molecule has 31 heavy (non-hydrogen) atoms. The van der Waals surface area contributed by atoms with Crippen LogP contribution in [0, 0.1) is 0 Å². The molecule has 1 aromatic rings. The second-order valence-electron chi connectivity index (χ2n) is 9.37. The molecular weight excluding hydrogens is 402 g/mol. The zero-order chi connectivity index (χ0) is 22.8. The largest absolute Gasteiger partial charge is 0.497 e. The molecule has 2 fully saturated rings. The van der Waals surface area contributed by atoms with Crippen LogP contribution >= 0.6 is 0 Å². The molecule has 0 spiro atoms. The van der Waals surface area contributed by atoms with E-state index in [9.17, 15) is 4.79 Å². The molecule has 174 valence electrons. The fraction of sp³-hybridized carbons (Fsp3) is 0.696. The van der Waals surface area contributed by atoms with Crippen molar-refractivity contribution >= 4 is 6.09 Å². The van der Waals surface area contributed by atoms with Crippen LogP contribution in [0.25, 0.3) is 0 Å². The number of fused-ring (bicyclic) bond motifs is 1. The lowest BCUT2D eigenvalue weighted by Gasteiger charge is -2.31. The van der Waals surface area contributed by atoms with E-state index in [0.717, 1.165) is 11.3 Å². The standard InChI is InChI=1S/C23H35NO7/c1-22(2,3)31-21(25)24-13-12-16(14-8-10-15(26-6)11-9-14)17-18(27-7)19-20(28-17)30-23(4,5)29-19/h8-11,16-20H,12-13H2,1-7H3,(H,24,25)/t16-,17-,18+,19-,20-/m1/s1. The zero-order valence-corrected chi connectivity index (χ0v) is 19.5. The molecule has 8 heteroatoms. The third-order valence-electron chi connectivity index (χ3n) is 5.36. The SMILES string of the molecule is COc1ccc([C@@H](CCNC(=O)OC(C)(C)C)[C@H]2O[C@@H]3OC(C)(C)O[C@@H]3[C@H]2OC)cc1. The highest BCUT2D eigenvalue weighted by Gasteiger charge is 2.56. The lowest BCUT2D eigenvalue weighted by molar-refractivity contribution is -0.219. The summed E-state index contributed by atoms with van der Waals surface area (Å²) in [5.74, 6) is -0.00711. The fourth-order valence-corrected chi connectivity index (χ4v) is 4.11. The Labute approximate surface area is 184 Å². The van der Waals surface area contributed by atoms with Crippen molar-refractivity contribution in [2.45, 2.75) is 82.9 Å². The molecule has 8 nitrogen and oxygen atoms in total. The second-order valence-corrected chi connectivity index (χ2v) is 9.37. The van der Waals surface area contributed by atoms with Crippen molar-refractivity contribution in [1.29, 1.82) is 0 Å². The van der Waals surface area contributed by atoms with E-state index in [1.165, 1.54) is 0 Å². The number of hydrogen-bond acceptors (Lipinski definition) is 7. The topological polar surface area (TPSA) is 84.5 Å². The van der Waals surface area contributed by atoms with E-state index >= 15 is 0 Å². The molecule has 1 amide bonds. The number of nitrogens with one attached hydrogen (secondary N) is 1. The minimum absolute atomic E-state index is 0.0632. The molecule has 0 unspecified atom stereocenters. The molecule has 0 aromatic heterocycles. The maximum absolute atomic E-state index is 12.1. The summed E-state index contributed by atoms with van der Waals surface area (Å²) in [4.78, 5) is 12.1. The van der Waals surface area contributed by atoms with Crippen molar-refractivity contribution < 1.29 is 33.2 Å². The van der Waals surface area contributed by atoms with E-state index in [0.29, 0.717) is 13.0 Å². The highest BCUT2D eigenvalue weighted by atomic mass is 16.8. The molecule has 0 bridgehead atoms. The number of benzene rings is 1. The first kappa shape index (κ1) is 23.8. The van der Waals surface area contributed by atoms with Gasteiger partial charge in [0.2, 0.25) is 0 Å². The quantitative estimate of drug-likeness (QED) is 0.698. The number of alkyl carbamates (subject to hydrolysis) is 1. The molecule has 0 radical (unpaired) electrons. The number of methoxy groups -OCH3 is 2. The number of carbonyl (C=O) groups is 1. The molecule has 0 saturated carbocycles. The van der Waals surface area contributed by atoms with Crippen molar-refractivity contribution in [2.75, 3.05) is 20.8 Å². The zero-order valence-electron chi connectivity index (χ0n) is 19.5. The summed E-state index contributed by atoms with van der Waals surface area (Å²) < 4.78 is 34.7. The average Bonchev–Trinajstić information content (AvgIpc) is 3.15. The summed E-state index contributed by atoms with van der Waals surface area (Å²) in [6.45, 7) is 9.66. The highest BCUT2D eigenvalue weighted by Crippen LogP contribution is 2.43. The van der Waals surface area contributed by atoms with Gasteiger partial charge in [0.25, 0.3) is 0 Å². The maximum atomic E-state index is 12.1. The van der Waals surface area contributed by atoms with Crippen LogP contribution in [0.3, 0.4) is 0 Å². The first-order chi connectivity index (χ1) is 14.5. The number of amides is 1. The summed E-state index contributed by atoms with van der Waals surface area (Å²) in [5.41, 5.74) is 0.506. The molecule has 3 rings (SSSR count). The summed E-state index contributed by atoms with van der Waals surface area (Å²) >= 11 is 0. The van der Waals surface area contributed by atoms with E-state index in [2.05, 4.69) is 5.32 Å². The van der Waals surface area contributed by atoms with Gasteiger partial charge in [0.1, 0.15) is 23.6 Å². The highest BCUT2D eigenvalue weighted by molar-refractivity contribution is 5.67. The molecule has 1 N–H and O–H groups in total. The van der Waals surface area contributed by atoms with Gasteiger partial charge in [0, 0.05) is 19.6 Å². The van der Waals surface area contributed by atoms with Crippen molar-refractivity contribution in [3.63, 3.8) is 0 Å². The van der Waals surface area contributed by atoms with Gasteiger partial charge in [-0.15, -0.1) is 0 Å². The summed E-state index contributed by atoms with van der Waals surface area (Å²) in [7, 11) is 3.29. The van der Waals surface area contributed by atoms with E-state index in [4.69, 9.17) is 28.4 Å². The fourth-order valence-electron chi connectivity index (χ4n) is 4.11. The number of hydrogen-bond donors (Lipinski definition) is 1. The Balaban J connectivity index is 1.75. The molecule has 5 atom stereocenters. The molecule has 2 aliphatic rings. The van der Waals surface area contributed by atoms with Crippen LogP contribution in [-0.2, 0) is 23.7 Å². The Bertz CT molecular complexity index is 743. The van der Waals surface area contributed by atoms with Gasteiger partial charge in [-0.25, -0.2) is 4.79 Å². The maximum Gasteiger partial charge on any atom is 0.407 e. The minimum Gasteiger partial charge on any atom is -0.497 e. The van der Waals surface area contributed by atoms with Crippen LogP contribution < -0.4 is 10.1 Å². The van der Waals surface area contributed by atoms with E-state index in [1.54, 1.807) is 14.2 Å². The Kier molecular flexibility index (Phi) is 7.15. The normalized spacial score (nSPS) is 28.1. The Morgan fingerprint density at radius 2 is 1.84 bits per heavy atom. The van der Waals surface area contributed by atoms with Gasteiger partial charge in [-0.3, -0.25) is 0 Å². The number of carbonyl (C=O) groups excluding carboxylic acids is 1. The lowest BCUT2D eigenvalue weighted by atomic mass is 9.87. The van der Waals surface area contributed by atoms with Crippen LogP contribution in [0.4, 0.5) is 4.79 Å². The summed E-state index contributed by atoms with van der Waals surface area (Å²) in [6.07, 6.45) is -1.24. The van der Waals surface area contributed by atoms with Crippen LogP contribution in [-0.4, -0.2) is 62.8 Å². The first-order valence-corrected chi connectivity index (χ1v) is 10.7. The van der Waals surface area contributed by atoms with Gasteiger partial charge >= 0.3 is 6.09 Å². The Hall–Kier alpha value is -1.87. The molecule has 2 saturated heterocycles. The van der Waals surface area contributed by atoms with Crippen LogP contribution in [0.15, 0.2) is 24.3 Å². The van der Waals surface area contributed by atoms with Gasteiger partial charge in [0.05, 0.1) is 13.2 Å².